The second kappa shape index (κ2) is 12.6. The summed E-state index contributed by atoms with van der Waals surface area (Å²) >= 11 is 10.9. The minimum atomic E-state index is -4.94. The van der Waals surface area contributed by atoms with Crippen LogP contribution in [0.15, 0.2) is 34.1 Å². The van der Waals surface area contributed by atoms with Gasteiger partial charge >= 0.3 is 23.4 Å². The Labute approximate surface area is 259 Å². The summed E-state index contributed by atoms with van der Waals surface area (Å²) in [5, 5.41) is -9.82. The highest BCUT2D eigenvalue weighted by molar-refractivity contribution is 8.02. The van der Waals surface area contributed by atoms with E-state index >= 15 is 0 Å². The van der Waals surface area contributed by atoms with Crippen molar-refractivity contribution in [3.8, 4) is 0 Å². The molecule has 7 nitrogen and oxygen atoms in total. The molecule has 0 aromatic heterocycles. The average molecular weight is 741 g/mol. The number of nitrogens with one attached hydrogen (secondary N) is 1. The molecule has 2 aromatic carbocycles. The van der Waals surface area contributed by atoms with Crippen LogP contribution >= 0.6 is 46.7 Å². The summed E-state index contributed by atoms with van der Waals surface area (Å²) in [4.78, 5) is -0.996. The van der Waals surface area contributed by atoms with Gasteiger partial charge in [0, 0.05) is 36.0 Å². The maximum Gasteiger partial charge on any atom is 0.357 e. The van der Waals surface area contributed by atoms with Gasteiger partial charge in [-0.15, -0.1) is 0 Å². The molecule has 0 amide bonds. The number of fused-ring (bicyclic) bond motifs is 2. The molecule has 0 fully saturated rings. The Morgan fingerprint density at radius 1 is 0.698 bits per heavy atom. The van der Waals surface area contributed by atoms with Crippen LogP contribution in [0.4, 0.5) is 35.1 Å². The number of alkyl halides is 8. The Bertz CT molecular complexity index is 1500. The number of rotatable bonds is 10. The number of nitrogens with zero attached hydrogens (tertiary/aromatic N) is 2. The third-order valence-corrected chi connectivity index (χ3v) is 13.2. The van der Waals surface area contributed by atoms with Gasteiger partial charge in [0.25, 0.3) is 20.4 Å². The molecule has 0 aliphatic carbocycles. The first-order chi connectivity index (χ1) is 19.7. The molecule has 0 unspecified atom stereocenters. The number of hydrogen-bond donors (Lipinski definition) is 1. The third kappa shape index (κ3) is 7.51. The van der Waals surface area contributed by atoms with Gasteiger partial charge in [-0.2, -0.15) is 43.0 Å². The number of thioether (sulfide) groups is 2. The quantitative estimate of drug-likeness (QED) is 0.225. The van der Waals surface area contributed by atoms with E-state index in [4.69, 9.17) is 23.2 Å². The number of benzene rings is 2. The van der Waals surface area contributed by atoms with E-state index in [1.165, 1.54) is 28.4 Å². The van der Waals surface area contributed by atoms with Crippen LogP contribution in [0.1, 0.15) is 22.3 Å². The first-order valence-corrected chi connectivity index (χ1v) is 17.1. The predicted octanol–water partition coefficient (Wildman–Crippen LogP) is 6.39. The molecule has 2 aromatic rings. The molecule has 0 saturated heterocycles. The molecule has 240 valence electrons. The molecule has 2 aliphatic rings. The van der Waals surface area contributed by atoms with Gasteiger partial charge in [0.05, 0.1) is 10.0 Å². The summed E-state index contributed by atoms with van der Waals surface area (Å²) in [6.07, 6.45) is -8.33. The van der Waals surface area contributed by atoms with Crippen LogP contribution in [0.5, 0.6) is 0 Å². The van der Waals surface area contributed by atoms with Crippen LogP contribution in [0.3, 0.4) is 0 Å². The smallest absolute Gasteiger partial charge is 0.202 e. The maximum absolute atomic E-state index is 13.9. The predicted molar refractivity (Wildman–Crippen MR) is 146 cm³/mol. The summed E-state index contributed by atoms with van der Waals surface area (Å²) in [5.74, 6) is 0. The van der Waals surface area contributed by atoms with Crippen molar-refractivity contribution in [3.63, 3.8) is 0 Å². The van der Waals surface area contributed by atoms with E-state index in [2.05, 4.69) is 0 Å². The molecular formula is C22H19Cl2F8N3O4S4. The van der Waals surface area contributed by atoms with E-state index in [9.17, 15) is 52.0 Å². The highest BCUT2D eigenvalue weighted by atomic mass is 35.5. The van der Waals surface area contributed by atoms with Gasteiger partial charge in [0.2, 0.25) is 0 Å². The van der Waals surface area contributed by atoms with Crippen molar-refractivity contribution in [3.05, 3.63) is 56.6 Å². The molecule has 2 heterocycles. The van der Waals surface area contributed by atoms with Crippen molar-refractivity contribution in [2.75, 3.05) is 13.1 Å². The topological polar surface area (TPSA) is 86.8 Å². The molecule has 0 atom stereocenters. The summed E-state index contributed by atoms with van der Waals surface area (Å²) in [6, 6.07) is 5.20. The molecule has 2 aliphatic heterocycles. The average Bonchev–Trinajstić information content (AvgIpc) is 2.90. The van der Waals surface area contributed by atoms with E-state index < -0.39 is 90.2 Å². The molecule has 4 rings (SSSR count). The zero-order chi connectivity index (χ0) is 32.1. The van der Waals surface area contributed by atoms with Crippen LogP contribution in [0.2, 0.25) is 10.0 Å². The number of hydrogen-bond acceptors (Lipinski definition) is 6. The lowest BCUT2D eigenvalue weighted by Crippen LogP contribution is -2.51. The Balaban J connectivity index is 1.58. The zero-order valence-electron chi connectivity index (χ0n) is 21.1. The van der Waals surface area contributed by atoms with Crippen LogP contribution < -0.4 is 4.13 Å². The molecule has 21 heteroatoms. The standard InChI is InChI=1S/C22H19Cl2F8N3O4S4/c23-15-3-1-11-5-7-34(9-13(11)17(15)40-21(29,30)19(25)26)42(36,37)33-43(38,39)35-8-6-12-2-4-16(24)18(14(12)10-35)41-22(31,32)20(27)28/h1-4,19-20,33H,5-10H2. The molecule has 0 spiro atoms. The lowest BCUT2D eigenvalue weighted by molar-refractivity contribution is -0.0564. The highest BCUT2D eigenvalue weighted by Gasteiger charge is 2.45. The van der Waals surface area contributed by atoms with E-state index in [1.807, 2.05) is 0 Å². The van der Waals surface area contributed by atoms with Gasteiger partial charge in [-0.25, -0.2) is 17.6 Å². The lowest BCUT2D eigenvalue weighted by atomic mass is 10.0. The highest BCUT2D eigenvalue weighted by Crippen LogP contribution is 2.48. The third-order valence-electron chi connectivity index (χ3n) is 6.42. The van der Waals surface area contributed by atoms with Gasteiger partial charge in [-0.1, -0.05) is 39.5 Å². The monoisotopic (exact) mass is 739 g/mol. The van der Waals surface area contributed by atoms with Crippen molar-refractivity contribution in [2.24, 2.45) is 0 Å². The Hall–Kier alpha value is -1.06. The van der Waals surface area contributed by atoms with Gasteiger partial charge in [-0.3, -0.25) is 0 Å². The lowest BCUT2D eigenvalue weighted by Gasteiger charge is -2.33. The van der Waals surface area contributed by atoms with Crippen molar-refractivity contribution in [2.45, 2.75) is 59.1 Å². The fourth-order valence-corrected chi connectivity index (χ4v) is 9.77. The fourth-order valence-electron chi connectivity index (χ4n) is 4.33. The number of halogens is 10. The summed E-state index contributed by atoms with van der Waals surface area (Å²) < 4.78 is 162. The van der Waals surface area contributed by atoms with Crippen molar-refractivity contribution < 1.29 is 52.0 Å². The van der Waals surface area contributed by atoms with E-state index in [0.29, 0.717) is 19.7 Å². The molecule has 0 saturated carbocycles. The van der Waals surface area contributed by atoms with Gasteiger partial charge in [-0.05, 0) is 70.8 Å². The molecule has 0 bridgehead atoms. The van der Waals surface area contributed by atoms with Gasteiger partial charge in [0.1, 0.15) is 0 Å². The Morgan fingerprint density at radius 3 is 1.37 bits per heavy atom. The van der Waals surface area contributed by atoms with Crippen LogP contribution in [0, 0.1) is 0 Å². The maximum atomic E-state index is 13.9. The zero-order valence-corrected chi connectivity index (χ0v) is 25.9. The Kier molecular flexibility index (Phi) is 10.2. The first kappa shape index (κ1) is 34.8. The SMILES string of the molecule is O=S(=O)(NS(=O)(=O)N1CCc2ccc(Cl)c(SC(F)(F)C(F)F)c2C1)N1CCc2ccc(Cl)c(SC(F)(F)C(F)F)c2C1. The minimum Gasteiger partial charge on any atom is -0.202 e. The summed E-state index contributed by atoms with van der Waals surface area (Å²) in [5.41, 5.74) is 0.438. The molecule has 1 N–H and O–H groups in total. The largest absolute Gasteiger partial charge is 0.357 e. The Morgan fingerprint density at radius 2 is 1.05 bits per heavy atom. The van der Waals surface area contributed by atoms with Crippen LogP contribution in [-0.4, -0.2) is 61.9 Å². The summed E-state index contributed by atoms with van der Waals surface area (Å²) in [7, 11) is -9.89. The van der Waals surface area contributed by atoms with Gasteiger partial charge < -0.3 is 0 Å². The van der Waals surface area contributed by atoms with E-state index in [1.54, 1.807) is 0 Å². The molecule has 43 heavy (non-hydrogen) atoms. The van der Waals surface area contributed by atoms with E-state index in [0.717, 1.165) is 0 Å². The van der Waals surface area contributed by atoms with E-state index in [-0.39, 0.29) is 47.1 Å². The van der Waals surface area contributed by atoms with Crippen LogP contribution in [0.25, 0.3) is 0 Å². The van der Waals surface area contributed by atoms with Gasteiger partial charge in [0.15, 0.2) is 0 Å². The van der Waals surface area contributed by atoms with Crippen molar-refractivity contribution in [1.29, 1.82) is 0 Å². The molecule has 0 radical (unpaired) electrons. The van der Waals surface area contributed by atoms with Crippen molar-refractivity contribution in [1.82, 2.24) is 12.7 Å². The fraction of sp³-hybridized carbons (Fsp3) is 0.455. The molecular weight excluding hydrogens is 721 g/mol. The van der Waals surface area contributed by atoms with Crippen molar-refractivity contribution >= 4 is 67.1 Å². The summed E-state index contributed by atoms with van der Waals surface area (Å²) in [6.45, 7) is -2.03. The van der Waals surface area contributed by atoms with Crippen LogP contribution in [-0.2, 0) is 46.3 Å². The second-order valence-corrected chi connectivity index (χ2v) is 15.9. The first-order valence-electron chi connectivity index (χ1n) is 11.8. The minimum absolute atomic E-state index is 0.101. The normalized spacial score (nSPS) is 17.4. The second-order valence-electron chi connectivity index (χ2n) is 9.22.